The van der Waals surface area contributed by atoms with Crippen molar-refractivity contribution in [1.29, 1.82) is 0 Å². The van der Waals surface area contributed by atoms with Gasteiger partial charge in [-0.3, -0.25) is 14.5 Å². The predicted octanol–water partition coefficient (Wildman–Crippen LogP) is 2.56. The van der Waals surface area contributed by atoms with Crippen LogP contribution in [0.1, 0.15) is 39.0 Å². The van der Waals surface area contributed by atoms with Crippen molar-refractivity contribution in [3.8, 4) is 0 Å². The van der Waals surface area contributed by atoms with E-state index in [4.69, 9.17) is 0 Å². The van der Waals surface area contributed by atoms with Crippen LogP contribution in [0.4, 0.5) is 5.69 Å². The van der Waals surface area contributed by atoms with Gasteiger partial charge in [0.1, 0.15) is 0 Å². The normalized spacial score (nSPS) is 27.7. The first kappa shape index (κ1) is 20.7. The summed E-state index contributed by atoms with van der Waals surface area (Å²) in [6.45, 7) is 6.60. The summed E-state index contributed by atoms with van der Waals surface area (Å²) in [5.41, 5.74) is 0.813. The Kier molecular flexibility index (Phi) is 5.91. The Bertz CT molecular complexity index is 772. The minimum atomic E-state index is -1.15. The fraction of sp³-hybridized carbons (Fsp3) is 0.636. The van der Waals surface area contributed by atoms with E-state index in [-0.39, 0.29) is 17.4 Å². The molecule has 1 aromatic carbocycles. The average molecular weight is 417 g/mol. The van der Waals surface area contributed by atoms with Crippen LogP contribution in [0.3, 0.4) is 0 Å². The van der Waals surface area contributed by atoms with Gasteiger partial charge in [-0.2, -0.15) is 0 Å². The van der Waals surface area contributed by atoms with Gasteiger partial charge in [0.25, 0.3) is 0 Å². The molecule has 2 aliphatic heterocycles. The average Bonchev–Trinajstić information content (AvgIpc) is 2.74. The van der Waals surface area contributed by atoms with Gasteiger partial charge in [0.2, 0.25) is 11.8 Å². The monoisotopic (exact) mass is 416 g/mol. The summed E-state index contributed by atoms with van der Waals surface area (Å²) in [5, 5.41) is 6.11. The summed E-state index contributed by atoms with van der Waals surface area (Å²) in [4.78, 5) is 31.9. The molecule has 1 atom stereocenters. The molecule has 1 saturated carbocycles. The maximum atomic E-state index is 13.2. The lowest BCUT2D eigenvalue weighted by atomic mass is 9.79. The van der Waals surface area contributed by atoms with Crippen molar-refractivity contribution in [2.75, 3.05) is 45.1 Å². The molecule has 2 fully saturated rings. The summed E-state index contributed by atoms with van der Waals surface area (Å²) in [6, 6.07) is 7.66. The third-order valence-electron chi connectivity index (χ3n) is 6.85. The van der Waals surface area contributed by atoms with Crippen molar-refractivity contribution >= 4 is 29.3 Å². The van der Waals surface area contributed by atoms with Crippen LogP contribution in [0.25, 0.3) is 0 Å². The number of hydrogen-bond acceptors (Lipinski definition) is 5. The Labute approximate surface area is 177 Å². The molecule has 1 aliphatic carbocycles. The van der Waals surface area contributed by atoms with Crippen LogP contribution in [0.5, 0.6) is 0 Å². The summed E-state index contributed by atoms with van der Waals surface area (Å²) >= 11 is 1.35. The van der Waals surface area contributed by atoms with E-state index in [1.165, 1.54) is 31.0 Å². The maximum Gasteiger partial charge on any atom is 0.250 e. The predicted molar refractivity (Wildman–Crippen MR) is 117 cm³/mol. The van der Waals surface area contributed by atoms with E-state index in [1.54, 1.807) is 6.92 Å². The van der Waals surface area contributed by atoms with Crippen molar-refractivity contribution in [3.63, 3.8) is 0 Å². The fourth-order valence-corrected chi connectivity index (χ4v) is 5.95. The van der Waals surface area contributed by atoms with Crippen molar-refractivity contribution in [1.82, 2.24) is 15.1 Å². The standard InChI is InChI=1S/C22H32N4O2S/c1-21(20(28)24-17-8-4-5-9-18(17)29-21)19(27)23-16-22(10-6-3-7-11-22)26-14-12-25(2)13-15-26/h4-5,8-9H,3,6-7,10-16H2,1-2H3,(H,23,27)(H,24,28). The largest absolute Gasteiger partial charge is 0.353 e. The number of anilines is 1. The van der Waals surface area contributed by atoms with E-state index in [1.807, 2.05) is 24.3 Å². The number of benzene rings is 1. The first-order chi connectivity index (χ1) is 13.9. The van der Waals surface area contributed by atoms with Gasteiger partial charge in [-0.25, -0.2) is 0 Å². The molecular formula is C22H32N4O2S. The Balaban J connectivity index is 1.47. The minimum absolute atomic E-state index is 0.0270. The Morgan fingerprint density at radius 3 is 2.55 bits per heavy atom. The number of carbonyl (C=O) groups excluding carboxylic acids is 2. The number of piperazine rings is 1. The van der Waals surface area contributed by atoms with Crippen LogP contribution >= 0.6 is 11.8 Å². The Morgan fingerprint density at radius 1 is 1.14 bits per heavy atom. The second-order valence-corrected chi connectivity index (χ2v) is 10.3. The molecule has 1 aromatic rings. The van der Waals surface area contributed by atoms with Crippen molar-refractivity contribution in [2.24, 2.45) is 0 Å². The Morgan fingerprint density at radius 2 is 1.83 bits per heavy atom. The van der Waals surface area contributed by atoms with Gasteiger partial charge in [-0.05, 0) is 38.9 Å². The topological polar surface area (TPSA) is 64.7 Å². The van der Waals surface area contributed by atoms with E-state index in [0.717, 1.165) is 49.6 Å². The molecule has 0 spiro atoms. The first-order valence-corrected chi connectivity index (χ1v) is 11.6. The summed E-state index contributed by atoms with van der Waals surface area (Å²) in [5.74, 6) is -0.426. The molecule has 0 aromatic heterocycles. The lowest BCUT2D eigenvalue weighted by molar-refractivity contribution is -0.130. The number of fused-ring (bicyclic) bond motifs is 1. The number of amides is 2. The molecule has 1 saturated heterocycles. The molecule has 3 aliphatic rings. The molecule has 1 unspecified atom stereocenters. The molecule has 2 N–H and O–H groups in total. The molecule has 158 valence electrons. The van der Waals surface area contributed by atoms with Crippen molar-refractivity contribution < 1.29 is 9.59 Å². The molecule has 0 bridgehead atoms. The maximum absolute atomic E-state index is 13.2. The number of rotatable bonds is 4. The van der Waals surface area contributed by atoms with E-state index in [0.29, 0.717) is 6.54 Å². The molecule has 0 radical (unpaired) electrons. The number of carbonyl (C=O) groups is 2. The summed E-state index contributed by atoms with van der Waals surface area (Å²) < 4.78 is -1.15. The van der Waals surface area contributed by atoms with Gasteiger partial charge >= 0.3 is 0 Å². The van der Waals surface area contributed by atoms with E-state index in [2.05, 4.69) is 27.5 Å². The highest BCUT2D eigenvalue weighted by Crippen LogP contribution is 2.42. The molecule has 29 heavy (non-hydrogen) atoms. The molecular weight excluding hydrogens is 384 g/mol. The zero-order valence-electron chi connectivity index (χ0n) is 17.5. The molecule has 2 heterocycles. The first-order valence-electron chi connectivity index (χ1n) is 10.7. The van der Waals surface area contributed by atoms with Gasteiger partial charge in [0, 0.05) is 43.2 Å². The van der Waals surface area contributed by atoms with Crippen LogP contribution in [-0.4, -0.2) is 71.7 Å². The van der Waals surface area contributed by atoms with Crippen LogP contribution in [0, 0.1) is 0 Å². The van der Waals surface area contributed by atoms with Crippen LogP contribution in [-0.2, 0) is 9.59 Å². The van der Waals surface area contributed by atoms with Gasteiger partial charge in [-0.1, -0.05) is 43.2 Å². The number of thioether (sulfide) groups is 1. The Hall–Kier alpha value is -1.57. The van der Waals surface area contributed by atoms with Gasteiger partial charge in [-0.15, -0.1) is 0 Å². The third-order valence-corrected chi connectivity index (χ3v) is 8.21. The quantitative estimate of drug-likeness (QED) is 0.739. The number of hydrogen-bond donors (Lipinski definition) is 2. The summed E-state index contributed by atoms with van der Waals surface area (Å²) in [7, 11) is 2.17. The SMILES string of the molecule is CN1CCN(C2(CNC(=O)C3(C)Sc4ccccc4NC3=O)CCCCC2)CC1. The smallest absolute Gasteiger partial charge is 0.250 e. The zero-order valence-corrected chi connectivity index (χ0v) is 18.3. The minimum Gasteiger partial charge on any atom is -0.353 e. The van der Waals surface area contributed by atoms with Crippen molar-refractivity contribution in [3.05, 3.63) is 24.3 Å². The molecule has 6 nitrogen and oxygen atoms in total. The second-order valence-electron chi connectivity index (χ2n) is 8.84. The van der Waals surface area contributed by atoms with Gasteiger partial charge in [0.05, 0.1) is 5.69 Å². The van der Waals surface area contributed by atoms with Crippen LogP contribution < -0.4 is 10.6 Å². The number of nitrogens with zero attached hydrogens (tertiary/aromatic N) is 2. The number of likely N-dealkylation sites (N-methyl/N-ethyl adjacent to an activating group) is 1. The van der Waals surface area contributed by atoms with E-state index >= 15 is 0 Å². The van der Waals surface area contributed by atoms with Gasteiger partial charge in [0.15, 0.2) is 4.75 Å². The molecule has 2 amide bonds. The highest BCUT2D eigenvalue weighted by atomic mass is 32.2. The van der Waals surface area contributed by atoms with E-state index < -0.39 is 4.75 Å². The number of para-hydroxylation sites is 1. The lowest BCUT2D eigenvalue weighted by Crippen LogP contribution is -2.63. The second kappa shape index (κ2) is 8.28. The molecule has 7 heteroatoms. The van der Waals surface area contributed by atoms with Crippen LogP contribution in [0.15, 0.2) is 29.2 Å². The van der Waals surface area contributed by atoms with E-state index in [9.17, 15) is 9.59 Å². The summed E-state index contributed by atoms with van der Waals surface area (Å²) in [6.07, 6.45) is 5.94. The van der Waals surface area contributed by atoms with Gasteiger partial charge < -0.3 is 15.5 Å². The highest BCUT2D eigenvalue weighted by molar-refractivity contribution is 8.02. The lowest BCUT2D eigenvalue weighted by Gasteiger charge is -2.50. The highest BCUT2D eigenvalue weighted by Gasteiger charge is 2.47. The van der Waals surface area contributed by atoms with Crippen LogP contribution in [0.2, 0.25) is 0 Å². The third kappa shape index (κ3) is 4.05. The molecule has 4 rings (SSSR count). The zero-order chi connectivity index (χ0) is 20.5. The number of nitrogens with one attached hydrogen (secondary N) is 2. The van der Waals surface area contributed by atoms with Crippen molar-refractivity contribution in [2.45, 2.75) is 54.2 Å². The fourth-order valence-electron chi connectivity index (χ4n) is 4.83.